The van der Waals surface area contributed by atoms with Gasteiger partial charge in [0, 0.05) is 18.8 Å². The van der Waals surface area contributed by atoms with Gasteiger partial charge in [-0.15, -0.1) is 0 Å². The fraction of sp³-hybridized carbons (Fsp3) is 0.182. The van der Waals surface area contributed by atoms with Crippen molar-refractivity contribution in [2.24, 2.45) is 0 Å². The van der Waals surface area contributed by atoms with E-state index in [-0.39, 0.29) is 12.5 Å². The Morgan fingerprint density at radius 3 is 1.56 bits per heavy atom. The Bertz CT molecular complexity index is 800. The second kappa shape index (κ2) is 8.36. The molecule has 5 nitrogen and oxygen atoms in total. The van der Waals surface area contributed by atoms with Crippen LogP contribution in [0.5, 0.6) is 0 Å². The van der Waals surface area contributed by atoms with Crippen molar-refractivity contribution in [3.05, 3.63) is 95.3 Å². The SMILES string of the molecule is COC(=O)C1=CN(C(c2ccccc2)c2ccccc2)C=C(C(=O)OC)C1. The Labute approximate surface area is 158 Å². The van der Waals surface area contributed by atoms with Crippen LogP contribution in [0.15, 0.2) is 84.2 Å². The van der Waals surface area contributed by atoms with Gasteiger partial charge in [-0.25, -0.2) is 9.59 Å². The van der Waals surface area contributed by atoms with E-state index in [0.717, 1.165) is 11.1 Å². The highest BCUT2D eigenvalue weighted by Crippen LogP contribution is 2.33. The van der Waals surface area contributed by atoms with Crippen LogP contribution in [-0.4, -0.2) is 31.1 Å². The van der Waals surface area contributed by atoms with E-state index in [1.165, 1.54) is 14.2 Å². The maximum Gasteiger partial charge on any atom is 0.335 e. The second-order valence-electron chi connectivity index (χ2n) is 6.14. The molecule has 27 heavy (non-hydrogen) atoms. The van der Waals surface area contributed by atoms with Gasteiger partial charge in [-0.3, -0.25) is 0 Å². The highest BCUT2D eigenvalue weighted by atomic mass is 16.5. The molecule has 0 atom stereocenters. The third kappa shape index (κ3) is 4.08. The van der Waals surface area contributed by atoms with Crippen molar-refractivity contribution >= 4 is 11.9 Å². The predicted molar refractivity (Wildman–Crippen MR) is 101 cm³/mol. The molecule has 0 aromatic heterocycles. The summed E-state index contributed by atoms with van der Waals surface area (Å²) in [4.78, 5) is 26.2. The lowest BCUT2D eigenvalue weighted by molar-refractivity contribution is -0.136. The van der Waals surface area contributed by atoms with Crippen LogP contribution in [0.25, 0.3) is 0 Å². The summed E-state index contributed by atoms with van der Waals surface area (Å²) >= 11 is 0. The van der Waals surface area contributed by atoms with Gasteiger partial charge in [0.15, 0.2) is 0 Å². The molecule has 0 fully saturated rings. The van der Waals surface area contributed by atoms with Crippen molar-refractivity contribution in [2.45, 2.75) is 12.5 Å². The Morgan fingerprint density at radius 2 is 1.19 bits per heavy atom. The van der Waals surface area contributed by atoms with E-state index in [9.17, 15) is 9.59 Å². The minimum absolute atomic E-state index is 0.173. The lowest BCUT2D eigenvalue weighted by Crippen LogP contribution is -2.27. The van der Waals surface area contributed by atoms with E-state index >= 15 is 0 Å². The van der Waals surface area contributed by atoms with E-state index in [1.54, 1.807) is 12.4 Å². The molecule has 5 heteroatoms. The Morgan fingerprint density at radius 1 is 0.778 bits per heavy atom. The topological polar surface area (TPSA) is 55.8 Å². The number of esters is 2. The van der Waals surface area contributed by atoms with Crippen LogP contribution in [0.2, 0.25) is 0 Å². The smallest absolute Gasteiger partial charge is 0.335 e. The lowest BCUT2D eigenvalue weighted by atomic mass is 9.95. The Hall–Kier alpha value is -3.34. The van der Waals surface area contributed by atoms with Crippen molar-refractivity contribution in [1.29, 1.82) is 0 Å². The average molecular weight is 363 g/mol. The van der Waals surface area contributed by atoms with E-state index in [4.69, 9.17) is 9.47 Å². The van der Waals surface area contributed by atoms with Crippen molar-refractivity contribution in [1.82, 2.24) is 4.90 Å². The molecule has 0 bridgehead atoms. The number of rotatable bonds is 5. The van der Waals surface area contributed by atoms with Gasteiger partial charge in [-0.1, -0.05) is 60.7 Å². The van der Waals surface area contributed by atoms with Crippen LogP contribution < -0.4 is 0 Å². The van der Waals surface area contributed by atoms with Crippen LogP contribution in [0.1, 0.15) is 23.6 Å². The largest absolute Gasteiger partial charge is 0.466 e. The molecular formula is C22H21NO4. The summed E-state index contributed by atoms with van der Waals surface area (Å²) in [6.07, 6.45) is 3.65. The fourth-order valence-corrected chi connectivity index (χ4v) is 3.16. The Kier molecular flexibility index (Phi) is 5.71. The van der Waals surface area contributed by atoms with Gasteiger partial charge >= 0.3 is 11.9 Å². The minimum atomic E-state index is -0.464. The van der Waals surface area contributed by atoms with Crippen LogP contribution in [-0.2, 0) is 19.1 Å². The van der Waals surface area contributed by atoms with E-state index < -0.39 is 11.9 Å². The molecule has 0 amide bonds. The molecule has 2 aromatic carbocycles. The molecular weight excluding hydrogens is 342 g/mol. The monoisotopic (exact) mass is 363 g/mol. The van der Waals surface area contributed by atoms with Crippen LogP contribution in [0, 0.1) is 0 Å². The third-order valence-electron chi connectivity index (χ3n) is 4.41. The van der Waals surface area contributed by atoms with Gasteiger partial charge in [0.25, 0.3) is 0 Å². The summed E-state index contributed by atoms with van der Waals surface area (Å²) in [5, 5.41) is 0. The number of carbonyl (C=O) groups excluding carboxylic acids is 2. The number of ether oxygens (including phenoxy) is 2. The summed E-state index contributed by atoms with van der Waals surface area (Å²) in [7, 11) is 2.66. The molecule has 0 unspecified atom stereocenters. The molecule has 0 spiro atoms. The summed E-state index contributed by atoms with van der Waals surface area (Å²) < 4.78 is 9.76. The van der Waals surface area contributed by atoms with Gasteiger partial charge in [0.2, 0.25) is 0 Å². The van der Waals surface area contributed by atoms with Crippen molar-refractivity contribution in [2.75, 3.05) is 14.2 Å². The molecule has 1 aliphatic heterocycles. The molecule has 2 aromatic rings. The number of benzene rings is 2. The number of hydrogen-bond donors (Lipinski definition) is 0. The quantitative estimate of drug-likeness (QED) is 0.760. The summed E-state index contributed by atoms with van der Waals surface area (Å²) in [6.45, 7) is 0. The van der Waals surface area contributed by atoms with Crippen LogP contribution in [0.3, 0.4) is 0 Å². The molecule has 138 valence electrons. The van der Waals surface area contributed by atoms with Gasteiger partial charge in [0.05, 0.1) is 31.4 Å². The molecule has 1 heterocycles. The molecule has 1 aliphatic rings. The zero-order valence-electron chi connectivity index (χ0n) is 15.3. The maximum absolute atomic E-state index is 12.2. The molecule has 0 N–H and O–H groups in total. The van der Waals surface area contributed by atoms with E-state index in [2.05, 4.69) is 0 Å². The molecule has 0 saturated carbocycles. The number of hydrogen-bond acceptors (Lipinski definition) is 5. The predicted octanol–water partition coefficient (Wildman–Crippen LogP) is 3.60. The normalized spacial score (nSPS) is 13.7. The fourth-order valence-electron chi connectivity index (χ4n) is 3.16. The van der Waals surface area contributed by atoms with Crippen molar-refractivity contribution in [3.63, 3.8) is 0 Å². The van der Waals surface area contributed by atoms with Crippen LogP contribution in [0.4, 0.5) is 0 Å². The summed E-state index contributed by atoms with van der Waals surface area (Å²) in [5.74, 6) is -0.927. The van der Waals surface area contributed by atoms with Gasteiger partial charge in [-0.05, 0) is 11.1 Å². The maximum atomic E-state index is 12.2. The van der Waals surface area contributed by atoms with Crippen molar-refractivity contribution < 1.29 is 19.1 Å². The third-order valence-corrected chi connectivity index (χ3v) is 4.41. The first-order valence-corrected chi connectivity index (χ1v) is 8.59. The second-order valence-corrected chi connectivity index (χ2v) is 6.14. The van der Waals surface area contributed by atoms with E-state index in [0.29, 0.717) is 11.1 Å². The number of nitrogens with zero attached hydrogens (tertiary/aromatic N) is 1. The highest BCUT2D eigenvalue weighted by Gasteiger charge is 2.28. The van der Waals surface area contributed by atoms with Crippen LogP contribution >= 0.6 is 0 Å². The molecule has 0 aliphatic carbocycles. The van der Waals surface area contributed by atoms with Gasteiger partial charge in [-0.2, -0.15) is 0 Å². The molecule has 0 radical (unpaired) electrons. The number of carbonyl (C=O) groups is 2. The summed E-state index contributed by atoms with van der Waals surface area (Å²) in [5.41, 5.74) is 2.87. The Balaban J connectivity index is 2.11. The van der Waals surface area contributed by atoms with Gasteiger partial charge in [0.1, 0.15) is 0 Å². The summed E-state index contributed by atoms with van der Waals surface area (Å²) in [6, 6.07) is 19.6. The minimum Gasteiger partial charge on any atom is -0.466 e. The average Bonchev–Trinajstić information content (AvgIpc) is 2.74. The molecule has 3 rings (SSSR count). The zero-order valence-corrected chi connectivity index (χ0v) is 15.3. The molecule has 0 saturated heterocycles. The van der Waals surface area contributed by atoms with Gasteiger partial charge < -0.3 is 14.4 Å². The van der Waals surface area contributed by atoms with E-state index in [1.807, 2.05) is 65.6 Å². The zero-order chi connectivity index (χ0) is 19.2. The van der Waals surface area contributed by atoms with Crippen molar-refractivity contribution in [3.8, 4) is 0 Å². The first kappa shape index (κ1) is 18.5. The lowest BCUT2D eigenvalue weighted by Gasteiger charge is -2.32. The highest BCUT2D eigenvalue weighted by molar-refractivity contribution is 5.95. The standard InChI is InChI=1S/C22H21NO4/c1-26-21(24)18-13-19(22(25)27-2)15-23(14-18)20(16-9-5-3-6-10-16)17-11-7-4-8-12-17/h3-12,14-15,20H,13H2,1-2H3. The first-order chi connectivity index (χ1) is 13.1. The first-order valence-electron chi connectivity index (χ1n) is 8.59. The number of methoxy groups -OCH3 is 2.